The predicted octanol–water partition coefficient (Wildman–Crippen LogP) is 2.33. The van der Waals surface area contributed by atoms with Gasteiger partial charge in [0.15, 0.2) is 0 Å². The highest BCUT2D eigenvalue weighted by molar-refractivity contribution is 5.94. The van der Waals surface area contributed by atoms with E-state index in [1.165, 1.54) is 0 Å². The van der Waals surface area contributed by atoms with Crippen LogP contribution in [0.5, 0.6) is 0 Å². The third-order valence-electron chi connectivity index (χ3n) is 4.59. The van der Waals surface area contributed by atoms with Gasteiger partial charge in [-0.05, 0) is 46.8 Å². The maximum Gasteiger partial charge on any atom is 0.255 e. The highest BCUT2D eigenvalue weighted by Gasteiger charge is 2.34. The van der Waals surface area contributed by atoms with E-state index < -0.39 is 0 Å². The van der Waals surface area contributed by atoms with Crippen molar-refractivity contribution < 1.29 is 14.3 Å². The normalized spacial score (nSPS) is 29.6. The first-order valence-corrected chi connectivity index (χ1v) is 9.07. The van der Waals surface area contributed by atoms with E-state index >= 15 is 0 Å². The topological polar surface area (TPSA) is 54.9 Å². The van der Waals surface area contributed by atoms with Crippen LogP contribution in [-0.4, -0.2) is 65.9 Å². The van der Waals surface area contributed by atoms with Gasteiger partial charge in [0.2, 0.25) is 0 Å². The van der Waals surface area contributed by atoms with E-state index in [4.69, 9.17) is 9.47 Å². The zero-order chi connectivity index (χ0) is 18.2. The Morgan fingerprint density at radius 3 is 2.36 bits per heavy atom. The number of morpholine rings is 2. The van der Waals surface area contributed by atoms with E-state index in [1.807, 2.05) is 37.8 Å². The Hall–Kier alpha value is -1.66. The molecular weight excluding hydrogens is 318 g/mol. The van der Waals surface area contributed by atoms with Gasteiger partial charge in [0.25, 0.3) is 5.91 Å². The van der Waals surface area contributed by atoms with Gasteiger partial charge in [0.1, 0.15) is 5.82 Å². The number of hydrogen-bond donors (Lipinski definition) is 0. The van der Waals surface area contributed by atoms with Gasteiger partial charge in [-0.25, -0.2) is 4.98 Å². The Bertz CT molecular complexity index is 607. The maximum atomic E-state index is 12.8. The first-order chi connectivity index (χ1) is 11.7. The molecule has 2 aliphatic heterocycles. The van der Waals surface area contributed by atoms with Crippen LogP contribution < -0.4 is 4.90 Å². The molecule has 6 nitrogen and oxygen atoms in total. The summed E-state index contributed by atoms with van der Waals surface area (Å²) in [7, 11) is 0. The summed E-state index contributed by atoms with van der Waals surface area (Å²) < 4.78 is 11.6. The number of anilines is 1. The largest absolute Gasteiger partial charge is 0.372 e. The molecule has 1 aromatic heterocycles. The average Bonchev–Trinajstić information content (AvgIpc) is 2.51. The van der Waals surface area contributed by atoms with Crippen molar-refractivity contribution in [3.63, 3.8) is 0 Å². The Balaban J connectivity index is 1.70. The molecule has 3 atom stereocenters. The third-order valence-corrected chi connectivity index (χ3v) is 4.59. The molecule has 6 heteroatoms. The van der Waals surface area contributed by atoms with Crippen LogP contribution in [0.25, 0.3) is 0 Å². The molecule has 1 aromatic rings. The fourth-order valence-electron chi connectivity index (χ4n) is 3.86. The quantitative estimate of drug-likeness (QED) is 0.822. The Labute approximate surface area is 150 Å². The van der Waals surface area contributed by atoms with Crippen LogP contribution in [0.15, 0.2) is 18.3 Å². The van der Waals surface area contributed by atoms with Gasteiger partial charge in [-0.1, -0.05) is 0 Å². The highest BCUT2D eigenvalue weighted by Crippen LogP contribution is 2.23. The second kappa shape index (κ2) is 6.92. The van der Waals surface area contributed by atoms with Crippen LogP contribution in [-0.2, 0) is 9.47 Å². The minimum absolute atomic E-state index is 0.0194. The van der Waals surface area contributed by atoms with Crippen LogP contribution in [0.3, 0.4) is 0 Å². The Morgan fingerprint density at radius 1 is 1.12 bits per heavy atom. The molecule has 2 aliphatic rings. The molecule has 3 heterocycles. The number of rotatable bonds is 2. The summed E-state index contributed by atoms with van der Waals surface area (Å²) >= 11 is 0. The van der Waals surface area contributed by atoms with E-state index in [2.05, 4.69) is 23.7 Å². The van der Waals surface area contributed by atoms with Gasteiger partial charge >= 0.3 is 0 Å². The molecule has 0 N–H and O–H groups in total. The SMILES string of the molecule is C[C@@H]1CN(c2ccc(C(=O)N3C[C@@H](C)OC(C)(C)C3)cn2)C[C@H](C)O1. The Morgan fingerprint density at radius 2 is 1.80 bits per heavy atom. The molecule has 1 amide bonds. The smallest absolute Gasteiger partial charge is 0.255 e. The van der Waals surface area contributed by atoms with Crippen molar-refractivity contribution in [1.82, 2.24) is 9.88 Å². The predicted molar refractivity (Wildman–Crippen MR) is 97.0 cm³/mol. The van der Waals surface area contributed by atoms with Crippen LogP contribution >= 0.6 is 0 Å². The van der Waals surface area contributed by atoms with Gasteiger partial charge in [-0.3, -0.25) is 4.79 Å². The molecule has 0 saturated carbocycles. The highest BCUT2D eigenvalue weighted by atomic mass is 16.5. The van der Waals surface area contributed by atoms with Crippen molar-refractivity contribution >= 4 is 11.7 Å². The molecule has 25 heavy (non-hydrogen) atoms. The van der Waals surface area contributed by atoms with Crippen molar-refractivity contribution in [3.8, 4) is 0 Å². The zero-order valence-corrected chi connectivity index (χ0v) is 15.9. The molecule has 0 aromatic carbocycles. The van der Waals surface area contributed by atoms with E-state index in [1.54, 1.807) is 6.20 Å². The summed E-state index contributed by atoms with van der Waals surface area (Å²) in [5.41, 5.74) is 0.309. The minimum Gasteiger partial charge on any atom is -0.372 e. The average molecular weight is 347 g/mol. The summed E-state index contributed by atoms with van der Waals surface area (Å²) in [6.45, 7) is 13.0. The van der Waals surface area contributed by atoms with Crippen LogP contribution in [0.1, 0.15) is 45.0 Å². The molecule has 0 radical (unpaired) electrons. The molecule has 138 valence electrons. The Kier molecular flexibility index (Phi) is 5.02. The van der Waals surface area contributed by atoms with Crippen molar-refractivity contribution in [3.05, 3.63) is 23.9 Å². The first-order valence-electron chi connectivity index (χ1n) is 9.07. The van der Waals surface area contributed by atoms with E-state index in [9.17, 15) is 4.79 Å². The van der Waals surface area contributed by atoms with Gasteiger partial charge in [-0.15, -0.1) is 0 Å². The van der Waals surface area contributed by atoms with Crippen molar-refractivity contribution in [2.75, 3.05) is 31.1 Å². The van der Waals surface area contributed by atoms with Crippen LogP contribution in [0.4, 0.5) is 5.82 Å². The second-order valence-electron chi connectivity index (χ2n) is 7.94. The lowest BCUT2D eigenvalue weighted by Gasteiger charge is -2.41. The number of nitrogens with zero attached hydrogens (tertiary/aromatic N) is 3. The number of hydrogen-bond acceptors (Lipinski definition) is 5. The molecule has 0 aliphatic carbocycles. The standard InChI is InChI=1S/C19H29N3O3/c1-13-9-21(10-14(2)24-13)17-7-6-16(8-20-17)18(23)22-11-15(3)25-19(4,5)12-22/h6-8,13-15H,9-12H2,1-5H3/t13-,14+,15-/m1/s1. The summed E-state index contributed by atoms with van der Waals surface area (Å²) in [4.78, 5) is 21.4. The lowest BCUT2D eigenvalue weighted by atomic mass is 10.0. The lowest BCUT2D eigenvalue weighted by molar-refractivity contribution is -0.118. The van der Waals surface area contributed by atoms with Crippen LogP contribution in [0.2, 0.25) is 0 Å². The van der Waals surface area contributed by atoms with E-state index in [0.29, 0.717) is 18.7 Å². The monoisotopic (exact) mass is 347 g/mol. The molecule has 0 unspecified atom stereocenters. The van der Waals surface area contributed by atoms with Crippen molar-refractivity contribution in [2.24, 2.45) is 0 Å². The van der Waals surface area contributed by atoms with Gasteiger partial charge in [-0.2, -0.15) is 0 Å². The number of carbonyl (C=O) groups is 1. The van der Waals surface area contributed by atoms with Gasteiger partial charge in [0, 0.05) is 32.4 Å². The minimum atomic E-state index is -0.319. The number of aromatic nitrogens is 1. The number of pyridine rings is 1. The first kappa shape index (κ1) is 18.1. The van der Waals surface area contributed by atoms with E-state index in [-0.39, 0.29) is 29.8 Å². The summed E-state index contributed by atoms with van der Waals surface area (Å²) in [6.07, 6.45) is 2.10. The fourth-order valence-corrected chi connectivity index (χ4v) is 3.86. The van der Waals surface area contributed by atoms with Crippen LogP contribution in [0, 0.1) is 0 Å². The van der Waals surface area contributed by atoms with Gasteiger partial charge < -0.3 is 19.3 Å². The summed E-state index contributed by atoms with van der Waals surface area (Å²) in [5.74, 6) is 0.917. The number of carbonyl (C=O) groups excluding carboxylic acids is 1. The second-order valence-corrected chi connectivity index (χ2v) is 7.94. The third kappa shape index (κ3) is 4.30. The zero-order valence-electron chi connectivity index (χ0n) is 15.9. The van der Waals surface area contributed by atoms with Crippen molar-refractivity contribution in [1.29, 1.82) is 0 Å². The maximum absolute atomic E-state index is 12.8. The summed E-state index contributed by atoms with van der Waals surface area (Å²) in [5, 5.41) is 0. The fraction of sp³-hybridized carbons (Fsp3) is 0.684. The lowest BCUT2D eigenvalue weighted by Crippen LogP contribution is -2.53. The van der Waals surface area contributed by atoms with Gasteiger partial charge in [0.05, 0.1) is 29.5 Å². The number of ether oxygens (including phenoxy) is 2. The molecule has 2 saturated heterocycles. The molecule has 0 bridgehead atoms. The van der Waals surface area contributed by atoms with Crippen molar-refractivity contribution in [2.45, 2.75) is 58.5 Å². The summed E-state index contributed by atoms with van der Waals surface area (Å²) in [6, 6.07) is 3.82. The molecule has 3 rings (SSSR count). The molecule has 2 fully saturated rings. The molecule has 0 spiro atoms. The number of amides is 1. The van der Waals surface area contributed by atoms with E-state index in [0.717, 1.165) is 18.9 Å². The molecular formula is C19H29N3O3.